The molecule has 0 radical (unpaired) electrons. The number of alkyl halides is 1. The average Bonchev–Trinajstić information content (AvgIpc) is 2.53. The van der Waals surface area contributed by atoms with Crippen molar-refractivity contribution in [1.29, 1.82) is 0 Å². The smallest absolute Gasteiger partial charge is 0.173 e. The van der Waals surface area contributed by atoms with Crippen LogP contribution in [0.1, 0.15) is 24.5 Å². The van der Waals surface area contributed by atoms with Gasteiger partial charge in [0.15, 0.2) is 5.67 Å². The first-order valence-electron chi connectivity index (χ1n) is 6.88. The molecule has 0 fully saturated rings. The molecule has 2 aromatic rings. The highest BCUT2D eigenvalue weighted by Crippen LogP contribution is 2.33. The molecule has 1 atom stereocenters. The number of halogens is 1. The van der Waals surface area contributed by atoms with Crippen LogP contribution in [0, 0.1) is 0 Å². The van der Waals surface area contributed by atoms with Gasteiger partial charge < -0.3 is 10.5 Å². The summed E-state index contributed by atoms with van der Waals surface area (Å²) < 4.78 is 20.7. The first-order chi connectivity index (χ1) is 9.70. The van der Waals surface area contributed by atoms with E-state index in [-0.39, 0.29) is 6.54 Å². The minimum Gasteiger partial charge on any atom is -0.494 e. The van der Waals surface area contributed by atoms with Gasteiger partial charge in [-0.2, -0.15) is 0 Å². The third-order valence-electron chi connectivity index (χ3n) is 3.30. The van der Waals surface area contributed by atoms with Crippen LogP contribution >= 0.6 is 0 Å². The summed E-state index contributed by atoms with van der Waals surface area (Å²) in [6.07, 6.45) is 0.946. The fraction of sp³-hybridized carbons (Fsp3) is 0.294. The van der Waals surface area contributed by atoms with Crippen LogP contribution in [0.2, 0.25) is 0 Å². The van der Waals surface area contributed by atoms with Crippen LogP contribution in [0.4, 0.5) is 4.39 Å². The molecule has 2 rings (SSSR count). The Bertz CT molecular complexity index is 526. The molecule has 0 aliphatic carbocycles. The van der Waals surface area contributed by atoms with Gasteiger partial charge in [-0.05, 0) is 29.7 Å². The molecule has 0 aliphatic heterocycles. The molecular formula is C17H20FNO. The van der Waals surface area contributed by atoms with E-state index in [9.17, 15) is 0 Å². The molecule has 1 unspecified atom stereocenters. The van der Waals surface area contributed by atoms with E-state index < -0.39 is 5.67 Å². The van der Waals surface area contributed by atoms with Gasteiger partial charge in [-0.25, -0.2) is 4.39 Å². The third kappa shape index (κ3) is 2.99. The lowest BCUT2D eigenvalue weighted by atomic mass is 9.88. The van der Waals surface area contributed by atoms with Crippen LogP contribution in [0.25, 0.3) is 0 Å². The summed E-state index contributed by atoms with van der Waals surface area (Å²) in [4.78, 5) is 0. The lowest BCUT2D eigenvalue weighted by Crippen LogP contribution is -2.31. The standard InChI is InChI=1S/C17H20FNO/c1-2-12-20-16-10-8-15(9-11-16)17(18,13-19)14-6-4-3-5-7-14/h3-11H,2,12-13,19H2,1H3. The number of rotatable bonds is 6. The number of ether oxygens (including phenoxy) is 1. The largest absolute Gasteiger partial charge is 0.494 e. The molecule has 0 saturated carbocycles. The van der Waals surface area contributed by atoms with Gasteiger partial charge in [0.25, 0.3) is 0 Å². The Morgan fingerprint density at radius 3 is 2.15 bits per heavy atom. The van der Waals surface area contributed by atoms with E-state index in [4.69, 9.17) is 10.5 Å². The van der Waals surface area contributed by atoms with Crippen molar-refractivity contribution in [2.75, 3.05) is 13.2 Å². The number of nitrogens with two attached hydrogens (primary N) is 1. The van der Waals surface area contributed by atoms with Crippen molar-refractivity contribution in [2.24, 2.45) is 5.73 Å². The Hall–Kier alpha value is -1.87. The minimum atomic E-state index is -1.66. The summed E-state index contributed by atoms with van der Waals surface area (Å²) in [7, 11) is 0. The number of hydrogen-bond donors (Lipinski definition) is 1. The van der Waals surface area contributed by atoms with Gasteiger partial charge in [-0.15, -0.1) is 0 Å². The van der Waals surface area contributed by atoms with Crippen molar-refractivity contribution in [1.82, 2.24) is 0 Å². The second-order valence-corrected chi connectivity index (χ2v) is 4.74. The predicted octanol–water partition coefficient (Wildman–Crippen LogP) is 3.65. The van der Waals surface area contributed by atoms with Gasteiger partial charge in [0.1, 0.15) is 5.75 Å². The lowest BCUT2D eigenvalue weighted by Gasteiger charge is -2.25. The molecule has 3 heteroatoms. The first-order valence-corrected chi connectivity index (χ1v) is 6.88. The Morgan fingerprint density at radius 1 is 1.00 bits per heavy atom. The highest BCUT2D eigenvalue weighted by atomic mass is 19.1. The zero-order chi connectivity index (χ0) is 14.4. The van der Waals surface area contributed by atoms with E-state index in [1.54, 1.807) is 36.4 Å². The molecule has 0 spiro atoms. The molecule has 106 valence electrons. The second kappa shape index (κ2) is 6.53. The maximum Gasteiger partial charge on any atom is 0.173 e. The summed E-state index contributed by atoms with van der Waals surface area (Å²) >= 11 is 0. The van der Waals surface area contributed by atoms with Crippen LogP contribution in [-0.2, 0) is 5.67 Å². The molecule has 0 bridgehead atoms. The maximum absolute atomic E-state index is 15.2. The Labute approximate surface area is 119 Å². The van der Waals surface area contributed by atoms with Crippen LogP contribution in [0.3, 0.4) is 0 Å². The van der Waals surface area contributed by atoms with Gasteiger partial charge in [-0.1, -0.05) is 49.4 Å². The van der Waals surface area contributed by atoms with E-state index in [1.807, 2.05) is 25.1 Å². The molecule has 0 amide bonds. The number of benzene rings is 2. The van der Waals surface area contributed by atoms with E-state index in [0.29, 0.717) is 17.7 Å². The summed E-state index contributed by atoms with van der Waals surface area (Å²) in [6, 6.07) is 16.1. The van der Waals surface area contributed by atoms with Crippen LogP contribution < -0.4 is 10.5 Å². The maximum atomic E-state index is 15.2. The van der Waals surface area contributed by atoms with E-state index in [1.165, 1.54) is 0 Å². The van der Waals surface area contributed by atoms with Gasteiger partial charge in [0, 0.05) is 6.54 Å². The molecule has 2 N–H and O–H groups in total. The van der Waals surface area contributed by atoms with Crippen molar-refractivity contribution in [3.8, 4) is 5.75 Å². The highest BCUT2D eigenvalue weighted by molar-refractivity contribution is 5.39. The lowest BCUT2D eigenvalue weighted by molar-refractivity contribution is 0.232. The van der Waals surface area contributed by atoms with Crippen LogP contribution in [0.15, 0.2) is 54.6 Å². The van der Waals surface area contributed by atoms with Crippen molar-refractivity contribution < 1.29 is 9.13 Å². The van der Waals surface area contributed by atoms with Crippen molar-refractivity contribution in [3.05, 3.63) is 65.7 Å². The fourth-order valence-corrected chi connectivity index (χ4v) is 2.14. The fourth-order valence-electron chi connectivity index (χ4n) is 2.14. The summed E-state index contributed by atoms with van der Waals surface area (Å²) in [6.45, 7) is 2.62. The molecule has 2 aromatic carbocycles. The van der Waals surface area contributed by atoms with E-state index >= 15 is 4.39 Å². The van der Waals surface area contributed by atoms with Gasteiger partial charge in [-0.3, -0.25) is 0 Å². The third-order valence-corrected chi connectivity index (χ3v) is 3.30. The molecule has 20 heavy (non-hydrogen) atoms. The second-order valence-electron chi connectivity index (χ2n) is 4.74. The Morgan fingerprint density at radius 2 is 1.60 bits per heavy atom. The topological polar surface area (TPSA) is 35.2 Å². The Kier molecular flexibility index (Phi) is 4.74. The van der Waals surface area contributed by atoms with Crippen molar-refractivity contribution in [2.45, 2.75) is 19.0 Å². The molecule has 0 heterocycles. The molecule has 0 aliphatic rings. The van der Waals surface area contributed by atoms with E-state index in [0.717, 1.165) is 12.2 Å². The normalized spacial score (nSPS) is 13.8. The first kappa shape index (κ1) is 14.5. The zero-order valence-electron chi connectivity index (χ0n) is 11.7. The minimum absolute atomic E-state index is 0.0911. The van der Waals surface area contributed by atoms with Crippen molar-refractivity contribution >= 4 is 0 Å². The SMILES string of the molecule is CCCOc1ccc(C(F)(CN)c2ccccc2)cc1. The van der Waals surface area contributed by atoms with Crippen LogP contribution in [-0.4, -0.2) is 13.2 Å². The van der Waals surface area contributed by atoms with Gasteiger partial charge >= 0.3 is 0 Å². The molecule has 0 aromatic heterocycles. The predicted molar refractivity (Wildman–Crippen MR) is 79.6 cm³/mol. The van der Waals surface area contributed by atoms with E-state index in [2.05, 4.69) is 0 Å². The monoisotopic (exact) mass is 273 g/mol. The summed E-state index contributed by atoms with van der Waals surface area (Å²) in [5, 5.41) is 0. The average molecular weight is 273 g/mol. The molecule has 0 saturated heterocycles. The molecule has 2 nitrogen and oxygen atoms in total. The Balaban J connectivity index is 2.28. The summed E-state index contributed by atoms with van der Waals surface area (Å²) in [5.41, 5.74) is 5.15. The van der Waals surface area contributed by atoms with Crippen LogP contribution in [0.5, 0.6) is 5.75 Å². The van der Waals surface area contributed by atoms with Gasteiger partial charge in [0.05, 0.1) is 6.61 Å². The summed E-state index contributed by atoms with van der Waals surface area (Å²) in [5.74, 6) is 0.753. The van der Waals surface area contributed by atoms with Gasteiger partial charge in [0.2, 0.25) is 0 Å². The zero-order valence-corrected chi connectivity index (χ0v) is 11.7. The van der Waals surface area contributed by atoms with Crippen molar-refractivity contribution in [3.63, 3.8) is 0 Å². The quantitative estimate of drug-likeness (QED) is 0.872. The highest BCUT2D eigenvalue weighted by Gasteiger charge is 2.32. The number of hydrogen-bond acceptors (Lipinski definition) is 2. The molecular weight excluding hydrogens is 253 g/mol.